The van der Waals surface area contributed by atoms with E-state index in [1.54, 1.807) is 0 Å². The average molecular weight is 389 g/mol. The fraction of sp³-hybridized carbons (Fsp3) is 0.320. The van der Waals surface area contributed by atoms with Gasteiger partial charge < -0.3 is 14.0 Å². The minimum absolute atomic E-state index is 0.186. The van der Waals surface area contributed by atoms with Crippen molar-refractivity contribution in [3.8, 4) is 5.75 Å². The zero-order chi connectivity index (χ0) is 20.4. The summed E-state index contributed by atoms with van der Waals surface area (Å²) >= 11 is 0. The molecule has 0 unspecified atom stereocenters. The van der Waals surface area contributed by atoms with Crippen molar-refractivity contribution in [2.24, 2.45) is 0 Å². The van der Waals surface area contributed by atoms with E-state index >= 15 is 0 Å². The van der Waals surface area contributed by atoms with E-state index in [4.69, 9.17) is 9.47 Å². The fourth-order valence-electron chi connectivity index (χ4n) is 3.75. The molecule has 0 atom stereocenters. The molecule has 4 heteroatoms. The first kappa shape index (κ1) is 19.3. The standard InChI is InChI=1S/C25H27NO3/c1-25(2,3)29-24(27)16-19-10-7-13-26-22-12-11-21(14-20(22)15-23(19)26)28-17-18-8-5-4-6-9-18/h4-6,8-12,14-15H,7,13,16-17H2,1-3H3. The summed E-state index contributed by atoms with van der Waals surface area (Å²) in [6.45, 7) is 7.15. The Balaban J connectivity index is 1.54. The molecule has 150 valence electrons. The minimum atomic E-state index is -0.468. The number of rotatable bonds is 5. The van der Waals surface area contributed by atoms with Crippen molar-refractivity contribution in [2.75, 3.05) is 0 Å². The van der Waals surface area contributed by atoms with Crippen LogP contribution in [0.2, 0.25) is 0 Å². The van der Waals surface area contributed by atoms with E-state index in [1.807, 2.05) is 45.0 Å². The van der Waals surface area contributed by atoms with Crippen LogP contribution in [0.3, 0.4) is 0 Å². The van der Waals surface area contributed by atoms with Gasteiger partial charge in [-0.05, 0) is 62.6 Å². The van der Waals surface area contributed by atoms with Crippen LogP contribution < -0.4 is 4.74 Å². The monoisotopic (exact) mass is 389 g/mol. The molecule has 1 aliphatic heterocycles. The number of nitrogens with zero attached hydrogens (tertiary/aromatic N) is 1. The molecule has 29 heavy (non-hydrogen) atoms. The van der Waals surface area contributed by atoms with Gasteiger partial charge >= 0.3 is 5.97 Å². The van der Waals surface area contributed by atoms with Gasteiger partial charge in [-0.3, -0.25) is 4.79 Å². The fourth-order valence-corrected chi connectivity index (χ4v) is 3.75. The SMILES string of the molecule is CC(C)(C)OC(=O)CC1=CCCn2c1cc1cc(OCc3ccccc3)ccc12. The molecule has 0 radical (unpaired) electrons. The normalized spacial score (nSPS) is 13.7. The number of allylic oxidation sites excluding steroid dienone is 1. The molecule has 2 aromatic carbocycles. The van der Waals surface area contributed by atoms with Gasteiger partial charge in [-0.2, -0.15) is 0 Å². The zero-order valence-electron chi connectivity index (χ0n) is 17.3. The van der Waals surface area contributed by atoms with Gasteiger partial charge in [0.15, 0.2) is 0 Å². The second kappa shape index (κ2) is 7.78. The van der Waals surface area contributed by atoms with Gasteiger partial charge in [-0.1, -0.05) is 36.4 Å². The van der Waals surface area contributed by atoms with Crippen molar-refractivity contribution in [2.45, 2.75) is 52.4 Å². The zero-order valence-corrected chi connectivity index (χ0v) is 17.3. The third-order valence-corrected chi connectivity index (χ3v) is 4.95. The molecule has 0 bridgehead atoms. The first-order valence-corrected chi connectivity index (χ1v) is 10.1. The van der Waals surface area contributed by atoms with Crippen LogP contribution in [0.15, 0.2) is 60.7 Å². The molecule has 4 nitrogen and oxygen atoms in total. The van der Waals surface area contributed by atoms with Gasteiger partial charge in [-0.25, -0.2) is 0 Å². The molecule has 0 spiro atoms. The van der Waals surface area contributed by atoms with Gasteiger partial charge in [0, 0.05) is 23.1 Å². The maximum Gasteiger partial charge on any atom is 0.310 e. The number of carbonyl (C=O) groups is 1. The van der Waals surface area contributed by atoms with E-state index in [0.29, 0.717) is 13.0 Å². The third-order valence-electron chi connectivity index (χ3n) is 4.95. The predicted molar refractivity (Wildman–Crippen MR) is 116 cm³/mol. The second-order valence-electron chi connectivity index (χ2n) is 8.46. The van der Waals surface area contributed by atoms with Crippen LogP contribution in [0, 0.1) is 0 Å². The topological polar surface area (TPSA) is 40.5 Å². The van der Waals surface area contributed by atoms with Crippen LogP contribution in [0.4, 0.5) is 0 Å². The first-order chi connectivity index (χ1) is 13.9. The maximum atomic E-state index is 12.3. The molecular formula is C25H27NO3. The molecular weight excluding hydrogens is 362 g/mol. The number of aryl methyl sites for hydroxylation is 1. The van der Waals surface area contributed by atoms with Crippen molar-refractivity contribution < 1.29 is 14.3 Å². The van der Waals surface area contributed by atoms with Crippen molar-refractivity contribution in [3.63, 3.8) is 0 Å². The highest BCUT2D eigenvalue weighted by Crippen LogP contribution is 2.33. The lowest BCUT2D eigenvalue weighted by Gasteiger charge is -2.22. The van der Waals surface area contributed by atoms with E-state index in [1.165, 1.54) is 5.52 Å². The summed E-state index contributed by atoms with van der Waals surface area (Å²) in [6.07, 6.45) is 3.37. The first-order valence-electron chi connectivity index (χ1n) is 10.1. The minimum Gasteiger partial charge on any atom is -0.489 e. The summed E-state index contributed by atoms with van der Waals surface area (Å²) in [5.41, 5.74) is 3.98. The summed E-state index contributed by atoms with van der Waals surface area (Å²) in [5.74, 6) is 0.663. The highest BCUT2D eigenvalue weighted by Gasteiger charge is 2.22. The lowest BCUT2D eigenvalue weighted by molar-refractivity contribution is -0.153. The van der Waals surface area contributed by atoms with Crippen molar-refractivity contribution >= 4 is 22.4 Å². The van der Waals surface area contributed by atoms with Crippen LogP contribution in [0.1, 0.15) is 44.9 Å². The predicted octanol–water partition coefficient (Wildman–Crippen LogP) is 5.74. The van der Waals surface area contributed by atoms with E-state index in [-0.39, 0.29) is 5.97 Å². The summed E-state index contributed by atoms with van der Waals surface area (Å²) in [5, 5.41) is 1.13. The molecule has 1 aromatic heterocycles. The molecule has 1 aliphatic rings. The molecule has 0 aliphatic carbocycles. The molecule has 4 rings (SSSR count). The lowest BCUT2D eigenvalue weighted by Crippen LogP contribution is -2.24. The van der Waals surface area contributed by atoms with Gasteiger partial charge in [0.25, 0.3) is 0 Å². The molecule has 3 aromatic rings. The molecule has 0 fully saturated rings. The number of carbonyl (C=O) groups excluding carboxylic acids is 1. The smallest absolute Gasteiger partial charge is 0.310 e. The average Bonchev–Trinajstić information content (AvgIpc) is 3.05. The number of ether oxygens (including phenoxy) is 2. The molecule has 2 heterocycles. The Morgan fingerprint density at radius 2 is 1.86 bits per heavy atom. The Hall–Kier alpha value is -3.01. The van der Waals surface area contributed by atoms with Crippen molar-refractivity contribution in [3.05, 3.63) is 71.9 Å². The second-order valence-corrected chi connectivity index (χ2v) is 8.46. The van der Waals surface area contributed by atoms with E-state index in [0.717, 1.165) is 40.9 Å². The van der Waals surface area contributed by atoms with Gasteiger partial charge in [0.05, 0.1) is 6.42 Å². The molecule has 0 amide bonds. The lowest BCUT2D eigenvalue weighted by atomic mass is 10.0. The van der Waals surface area contributed by atoms with E-state index in [2.05, 4.69) is 41.0 Å². The largest absolute Gasteiger partial charge is 0.489 e. The van der Waals surface area contributed by atoms with Crippen LogP contribution in [0.25, 0.3) is 16.5 Å². The molecule has 0 saturated heterocycles. The Morgan fingerprint density at radius 3 is 2.62 bits per heavy atom. The maximum absolute atomic E-state index is 12.3. The summed E-state index contributed by atoms with van der Waals surface area (Å²) in [6, 6.07) is 18.5. The number of hydrogen-bond acceptors (Lipinski definition) is 3. The number of esters is 1. The third kappa shape index (κ3) is 4.53. The van der Waals surface area contributed by atoms with E-state index in [9.17, 15) is 4.79 Å². The number of aromatic nitrogens is 1. The number of hydrogen-bond donors (Lipinski definition) is 0. The highest BCUT2D eigenvalue weighted by molar-refractivity contribution is 5.91. The van der Waals surface area contributed by atoms with Crippen LogP contribution in [-0.4, -0.2) is 16.1 Å². The van der Waals surface area contributed by atoms with Gasteiger partial charge in [-0.15, -0.1) is 0 Å². The number of benzene rings is 2. The summed E-state index contributed by atoms with van der Waals surface area (Å²) in [7, 11) is 0. The van der Waals surface area contributed by atoms with Crippen LogP contribution >= 0.6 is 0 Å². The van der Waals surface area contributed by atoms with Crippen LogP contribution in [0.5, 0.6) is 5.75 Å². The van der Waals surface area contributed by atoms with Gasteiger partial charge in [0.2, 0.25) is 0 Å². The molecule has 0 N–H and O–H groups in total. The summed E-state index contributed by atoms with van der Waals surface area (Å²) in [4.78, 5) is 12.3. The quantitative estimate of drug-likeness (QED) is 0.523. The Kier molecular flexibility index (Phi) is 5.18. The van der Waals surface area contributed by atoms with Gasteiger partial charge in [0.1, 0.15) is 18.0 Å². The number of fused-ring (bicyclic) bond motifs is 3. The Bertz CT molecular complexity index is 1050. The Labute approximate surface area is 171 Å². The van der Waals surface area contributed by atoms with Crippen LogP contribution in [-0.2, 0) is 22.7 Å². The van der Waals surface area contributed by atoms with Crippen molar-refractivity contribution in [1.82, 2.24) is 4.57 Å². The van der Waals surface area contributed by atoms with Crippen molar-refractivity contribution in [1.29, 1.82) is 0 Å². The van der Waals surface area contributed by atoms with E-state index < -0.39 is 5.60 Å². The summed E-state index contributed by atoms with van der Waals surface area (Å²) < 4.78 is 13.8. The highest BCUT2D eigenvalue weighted by atomic mass is 16.6. The molecule has 0 saturated carbocycles. The Morgan fingerprint density at radius 1 is 1.07 bits per heavy atom.